The summed E-state index contributed by atoms with van der Waals surface area (Å²) in [6.07, 6.45) is 0. The number of aromatic nitrogens is 1. The van der Waals surface area contributed by atoms with E-state index in [4.69, 9.17) is 4.52 Å². The highest BCUT2D eigenvalue weighted by molar-refractivity contribution is 5.90. The Hall–Kier alpha value is -3.53. The molecule has 1 aromatic heterocycles. The van der Waals surface area contributed by atoms with Gasteiger partial charge in [0.2, 0.25) is 0 Å². The maximum atomic E-state index is 9.80. The summed E-state index contributed by atoms with van der Waals surface area (Å²) in [6, 6.07) is 23.6. The van der Waals surface area contributed by atoms with E-state index in [1.54, 1.807) is 42.5 Å². The van der Waals surface area contributed by atoms with Gasteiger partial charge in [-0.25, -0.2) is 0 Å². The summed E-state index contributed by atoms with van der Waals surface area (Å²) >= 11 is 0. The van der Waals surface area contributed by atoms with Crippen LogP contribution in [-0.4, -0.2) is 15.4 Å². The third kappa shape index (κ3) is 2.85. The van der Waals surface area contributed by atoms with Crippen molar-refractivity contribution in [2.24, 2.45) is 0 Å². The molecular formula is C21H15NO3. The van der Waals surface area contributed by atoms with Gasteiger partial charge < -0.3 is 14.7 Å². The zero-order valence-corrected chi connectivity index (χ0v) is 13.3. The minimum Gasteiger partial charge on any atom is -0.508 e. The molecule has 4 nitrogen and oxygen atoms in total. The molecule has 0 radical (unpaired) electrons. The molecule has 1 heterocycles. The second-order valence-corrected chi connectivity index (χ2v) is 5.70. The van der Waals surface area contributed by atoms with Crippen LogP contribution in [0.15, 0.2) is 83.4 Å². The van der Waals surface area contributed by atoms with E-state index in [0.717, 1.165) is 22.3 Å². The van der Waals surface area contributed by atoms with E-state index in [0.29, 0.717) is 11.5 Å². The van der Waals surface area contributed by atoms with Crippen molar-refractivity contribution in [3.8, 4) is 45.2 Å². The smallest absolute Gasteiger partial charge is 0.175 e. The molecule has 0 amide bonds. The molecule has 25 heavy (non-hydrogen) atoms. The summed E-state index contributed by atoms with van der Waals surface area (Å²) in [6.45, 7) is 0. The fourth-order valence-electron chi connectivity index (χ4n) is 2.82. The molecule has 0 atom stereocenters. The van der Waals surface area contributed by atoms with Crippen LogP contribution in [-0.2, 0) is 0 Å². The Morgan fingerprint density at radius 3 is 2.08 bits per heavy atom. The molecule has 0 aliphatic carbocycles. The van der Waals surface area contributed by atoms with Gasteiger partial charge in [0.1, 0.15) is 17.2 Å². The van der Waals surface area contributed by atoms with Crippen molar-refractivity contribution < 1.29 is 14.7 Å². The lowest BCUT2D eigenvalue weighted by Crippen LogP contribution is -1.85. The zero-order chi connectivity index (χ0) is 17.2. The van der Waals surface area contributed by atoms with Crippen LogP contribution < -0.4 is 0 Å². The number of phenolic OH excluding ortho intramolecular Hbond substituents is 2. The molecule has 0 unspecified atom stereocenters. The van der Waals surface area contributed by atoms with E-state index < -0.39 is 0 Å². The molecule has 0 spiro atoms. The minimum atomic E-state index is 0.166. The van der Waals surface area contributed by atoms with E-state index in [2.05, 4.69) is 5.16 Å². The van der Waals surface area contributed by atoms with Crippen LogP contribution in [0.2, 0.25) is 0 Å². The number of rotatable bonds is 3. The molecule has 4 rings (SSSR count). The summed E-state index contributed by atoms with van der Waals surface area (Å²) in [4.78, 5) is 0. The van der Waals surface area contributed by atoms with Gasteiger partial charge in [-0.15, -0.1) is 0 Å². The van der Waals surface area contributed by atoms with Crippen molar-refractivity contribution >= 4 is 0 Å². The molecule has 0 fully saturated rings. The zero-order valence-electron chi connectivity index (χ0n) is 13.3. The average Bonchev–Trinajstić information content (AvgIpc) is 3.08. The van der Waals surface area contributed by atoms with Gasteiger partial charge in [-0.3, -0.25) is 0 Å². The molecule has 2 N–H and O–H groups in total. The summed E-state index contributed by atoms with van der Waals surface area (Å²) in [5.74, 6) is 0.950. The summed E-state index contributed by atoms with van der Waals surface area (Å²) in [7, 11) is 0. The third-order valence-corrected chi connectivity index (χ3v) is 4.00. The van der Waals surface area contributed by atoms with Crippen LogP contribution in [0.1, 0.15) is 0 Å². The Bertz CT molecular complexity index is 1010. The van der Waals surface area contributed by atoms with Crippen molar-refractivity contribution in [3.05, 3.63) is 78.9 Å². The number of benzene rings is 3. The Labute approximate surface area is 144 Å². The molecule has 4 aromatic rings. The largest absolute Gasteiger partial charge is 0.508 e. The quantitative estimate of drug-likeness (QED) is 0.549. The SMILES string of the molecule is Oc1ccc(-c2noc(-c3cccc(O)c3)c2-c2ccccc2)cc1. The van der Waals surface area contributed by atoms with Gasteiger partial charge in [0, 0.05) is 11.1 Å². The lowest BCUT2D eigenvalue weighted by Gasteiger charge is -2.06. The molecule has 0 saturated heterocycles. The van der Waals surface area contributed by atoms with Crippen molar-refractivity contribution in [2.75, 3.05) is 0 Å². The summed E-state index contributed by atoms with van der Waals surface area (Å²) in [5.41, 5.74) is 4.08. The number of phenols is 2. The normalized spacial score (nSPS) is 10.7. The van der Waals surface area contributed by atoms with Gasteiger partial charge in [-0.1, -0.05) is 47.6 Å². The Morgan fingerprint density at radius 1 is 0.640 bits per heavy atom. The summed E-state index contributed by atoms with van der Waals surface area (Å²) in [5, 5.41) is 23.6. The van der Waals surface area contributed by atoms with Crippen molar-refractivity contribution in [2.45, 2.75) is 0 Å². The minimum absolute atomic E-state index is 0.166. The highest BCUT2D eigenvalue weighted by Gasteiger charge is 2.20. The second kappa shape index (κ2) is 6.17. The first kappa shape index (κ1) is 15.0. The van der Waals surface area contributed by atoms with Crippen molar-refractivity contribution in [1.29, 1.82) is 0 Å². The third-order valence-electron chi connectivity index (χ3n) is 4.00. The topological polar surface area (TPSA) is 66.5 Å². The van der Waals surface area contributed by atoms with Crippen LogP contribution in [0, 0.1) is 0 Å². The molecule has 0 aliphatic heterocycles. The van der Waals surface area contributed by atoms with Gasteiger partial charge in [0.05, 0.1) is 5.56 Å². The lowest BCUT2D eigenvalue weighted by molar-refractivity contribution is 0.434. The van der Waals surface area contributed by atoms with Crippen LogP contribution in [0.25, 0.3) is 33.7 Å². The first-order valence-corrected chi connectivity index (χ1v) is 7.86. The van der Waals surface area contributed by atoms with Crippen LogP contribution in [0.3, 0.4) is 0 Å². The first-order chi connectivity index (χ1) is 12.2. The highest BCUT2D eigenvalue weighted by atomic mass is 16.5. The monoisotopic (exact) mass is 329 g/mol. The maximum Gasteiger partial charge on any atom is 0.175 e. The average molecular weight is 329 g/mol. The summed E-state index contributed by atoms with van der Waals surface area (Å²) < 4.78 is 5.65. The van der Waals surface area contributed by atoms with Crippen molar-refractivity contribution in [3.63, 3.8) is 0 Å². The van der Waals surface area contributed by atoms with Crippen LogP contribution in [0.4, 0.5) is 0 Å². The predicted molar refractivity (Wildman–Crippen MR) is 96.1 cm³/mol. The second-order valence-electron chi connectivity index (χ2n) is 5.70. The first-order valence-electron chi connectivity index (χ1n) is 7.86. The van der Waals surface area contributed by atoms with Gasteiger partial charge >= 0.3 is 0 Å². The molecule has 3 aromatic carbocycles. The standard InChI is InChI=1S/C21H15NO3/c23-17-11-9-15(10-12-17)20-19(14-5-2-1-3-6-14)21(25-22-20)16-7-4-8-18(24)13-16/h1-13,23-24H. The number of aromatic hydroxyl groups is 2. The van der Waals surface area contributed by atoms with Gasteiger partial charge in [0.25, 0.3) is 0 Å². The van der Waals surface area contributed by atoms with Gasteiger partial charge in [0.15, 0.2) is 5.76 Å². The fraction of sp³-hybridized carbons (Fsp3) is 0. The molecule has 122 valence electrons. The molecule has 4 heteroatoms. The van der Waals surface area contributed by atoms with Crippen LogP contribution >= 0.6 is 0 Å². The van der Waals surface area contributed by atoms with E-state index in [1.165, 1.54) is 0 Å². The Morgan fingerprint density at radius 2 is 1.36 bits per heavy atom. The van der Waals surface area contributed by atoms with Crippen LogP contribution in [0.5, 0.6) is 11.5 Å². The highest BCUT2D eigenvalue weighted by Crippen LogP contribution is 2.40. The molecule has 0 saturated carbocycles. The van der Waals surface area contributed by atoms with Crippen molar-refractivity contribution in [1.82, 2.24) is 5.16 Å². The number of hydrogen-bond donors (Lipinski definition) is 2. The van der Waals surface area contributed by atoms with Gasteiger partial charge in [-0.05, 0) is 42.0 Å². The molecule has 0 aliphatic rings. The Kier molecular flexibility index (Phi) is 3.71. The maximum absolute atomic E-state index is 9.80. The lowest BCUT2D eigenvalue weighted by atomic mass is 9.96. The van der Waals surface area contributed by atoms with E-state index in [9.17, 15) is 10.2 Å². The molecule has 0 bridgehead atoms. The molecular weight excluding hydrogens is 314 g/mol. The van der Waals surface area contributed by atoms with E-state index in [1.807, 2.05) is 36.4 Å². The van der Waals surface area contributed by atoms with E-state index >= 15 is 0 Å². The Balaban J connectivity index is 1.96. The fourth-order valence-corrected chi connectivity index (χ4v) is 2.82. The predicted octanol–water partition coefficient (Wildman–Crippen LogP) is 5.09. The van der Waals surface area contributed by atoms with Gasteiger partial charge in [-0.2, -0.15) is 0 Å². The number of hydrogen-bond acceptors (Lipinski definition) is 4. The van der Waals surface area contributed by atoms with E-state index in [-0.39, 0.29) is 11.5 Å². The number of nitrogens with zero attached hydrogens (tertiary/aromatic N) is 1.